The molecule has 2 rings (SSSR count). The third-order valence-corrected chi connectivity index (χ3v) is 5.85. The molecular weight excluding hydrogens is 432 g/mol. The first-order chi connectivity index (χ1) is 15.2. The molecule has 0 saturated heterocycles. The number of carbonyl (C=O) groups excluding carboxylic acids is 1. The molecule has 1 unspecified atom stereocenters. The number of benzene rings is 1. The predicted molar refractivity (Wildman–Crippen MR) is 121 cm³/mol. The summed E-state index contributed by atoms with van der Waals surface area (Å²) < 4.78 is 38.8. The fraction of sp³-hybridized carbons (Fsp3) is 0.364. The Morgan fingerprint density at radius 2 is 1.84 bits per heavy atom. The van der Waals surface area contributed by atoms with Crippen LogP contribution in [0.25, 0.3) is 0 Å². The highest BCUT2D eigenvalue weighted by Crippen LogP contribution is 2.31. The van der Waals surface area contributed by atoms with E-state index in [9.17, 15) is 13.2 Å². The first-order valence-corrected chi connectivity index (χ1v) is 11.5. The fourth-order valence-electron chi connectivity index (χ4n) is 2.81. The number of allylic oxidation sites excluding steroid dienone is 5. The fourth-order valence-corrected chi connectivity index (χ4v) is 3.36. The molecule has 32 heavy (non-hydrogen) atoms. The summed E-state index contributed by atoms with van der Waals surface area (Å²) in [5, 5.41) is 12.2. The third kappa shape index (κ3) is 6.60. The van der Waals surface area contributed by atoms with Crippen molar-refractivity contribution < 1.29 is 22.7 Å². The van der Waals surface area contributed by atoms with Crippen molar-refractivity contribution in [3.63, 3.8) is 0 Å². The van der Waals surface area contributed by atoms with E-state index in [2.05, 4.69) is 16.1 Å². The highest BCUT2D eigenvalue weighted by Gasteiger charge is 2.27. The van der Waals surface area contributed by atoms with Gasteiger partial charge in [-0.05, 0) is 50.1 Å². The van der Waals surface area contributed by atoms with E-state index in [0.29, 0.717) is 48.0 Å². The summed E-state index contributed by atoms with van der Waals surface area (Å²) in [5.41, 5.74) is 1.55. The molecule has 0 aromatic heterocycles. The average molecular weight is 461 g/mol. The number of amides is 1. The molecule has 0 fully saturated rings. The lowest BCUT2D eigenvalue weighted by molar-refractivity contribution is -0.121. The van der Waals surface area contributed by atoms with E-state index in [0.717, 1.165) is 4.31 Å². The molecule has 0 spiro atoms. The van der Waals surface area contributed by atoms with Gasteiger partial charge in [0.15, 0.2) is 11.5 Å². The van der Waals surface area contributed by atoms with Gasteiger partial charge in [-0.25, -0.2) is 4.72 Å². The van der Waals surface area contributed by atoms with Crippen molar-refractivity contribution in [3.05, 3.63) is 59.3 Å². The van der Waals surface area contributed by atoms with E-state index >= 15 is 0 Å². The van der Waals surface area contributed by atoms with Crippen LogP contribution in [0.2, 0.25) is 0 Å². The van der Waals surface area contributed by atoms with Crippen LogP contribution in [0, 0.1) is 11.3 Å². The SMILES string of the molecule is CCOc1ccc(C(NC2=CCC=C(C#N)C=C2)C(=O)NS(=O)(=O)N(C)C)cc1OCC. The Kier molecular flexibility index (Phi) is 8.87. The average Bonchev–Trinajstić information content (AvgIpc) is 2.98. The minimum atomic E-state index is -4.00. The van der Waals surface area contributed by atoms with E-state index in [-0.39, 0.29) is 0 Å². The molecule has 1 aliphatic carbocycles. The van der Waals surface area contributed by atoms with Crippen molar-refractivity contribution in [2.45, 2.75) is 26.3 Å². The third-order valence-electron chi connectivity index (χ3n) is 4.43. The number of rotatable bonds is 10. The van der Waals surface area contributed by atoms with Gasteiger partial charge in [0, 0.05) is 25.4 Å². The first kappa shape index (κ1) is 25.0. The van der Waals surface area contributed by atoms with Gasteiger partial charge in [-0.2, -0.15) is 18.0 Å². The smallest absolute Gasteiger partial charge is 0.303 e. The zero-order chi connectivity index (χ0) is 23.7. The van der Waals surface area contributed by atoms with Gasteiger partial charge < -0.3 is 14.8 Å². The summed E-state index contributed by atoms with van der Waals surface area (Å²) >= 11 is 0. The second-order valence-corrected chi connectivity index (χ2v) is 8.79. The second-order valence-electron chi connectivity index (χ2n) is 6.90. The second kappa shape index (κ2) is 11.4. The number of nitrogens with one attached hydrogen (secondary N) is 2. The molecular formula is C22H28N4O5S. The van der Waals surface area contributed by atoms with Gasteiger partial charge in [0.25, 0.3) is 5.91 Å². The van der Waals surface area contributed by atoms with Gasteiger partial charge in [-0.3, -0.25) is 4.79 Å². The maximum atomic E-state index is 13.1. The topological polar surface area (TPSA) is 121 Å². The van der Waals surface area contributed by atoms with Crippen molar-refractivity contribution in [1.82, 2.24) is 14.3 Å². The van der Waals surface area contributed by atoms with Gasteiger partial charge in [0.2, 0.25) is 0 Å². The van der Waals surface area contributed by atoms with Crippen LogP contribution >= 0.6 is 0 Å². The summed E-state index contributed by atoms with van der Waals surface area (Å²) in [4.78, 5) is 13.1. The Labute approximate surface area is 189 Å². The molecule has 2 N–H and O–H groups in total. The summed E-state index contributed by atoms with van der Waals surface area (Å²) in [5.74, 6) is 0.202. The van der Waals surface area contributed by atoms with Gasteiger partial charge in [0.1, 0.15) is 6.04 Å². The molecule has 1 aromatic carbocycles. The molecule has 0 aliphatic heterocycles. The maximum absolute atomic E-state index is 13.1. The van der Waals surface area contributed by atoms with Crippen LogP contribution in [0.1, 0.15) is 31.9 Å². The number of hydrogen-bond acceptors (Lipinski definition) is 7. The minimum absolute atomic E-state index is 0.388. The molecule has 9 nitrogen and oxygen atoms in total. The number of nitriles is 1. The quantitative estimate of drug-likeness (QED) is 0.550. The Morgan fingerprint density at radius 3 is 2.47 bits per heavy atom. The summed E-state index contributed by atoms with van der Waals surface area (Å²) in [7, 11) is -1.35. The highest BCUT2D eigenvalue weighted by molar-refractivity contribution is 7.87. The lowest BCUT2D eigenvalue weighted by Crippen LogP contribution is -2.44. The lowest BCUT2D eigenvalue weighted by atomic mass is 10.0. The Balaban J connectivity index is 2.44. The first-order valence-electron chi connectivity index (χ1n) is 10.1. The van der Waals surface area contributed by atoms with Crippen molar-refractivity contribution >= 4 is 16.1 Å². The van der Waals surface area contributed by atoms with Crippen LogP contribution in [-0.2, 0) is 15.0 Å². The zero-order valence-corrected chi connectivity index (χ0v) is 19.4. The number of ether oxygens (including phenoxy) is 2. The van der Waals surface area contributed by atoms with Gasteiger partial charge in [0.05, 0.1) is 19.3 Å². The highest BCUT2D eigenvalue weighted by atomic mass is 32.2. The molecule has 0 radical (unpaired) electrons. The van der Waals surface area contributed by atoms with E-state index in [1.165, 1.54) is 14.1 Å². The normalized spacial score (nSPS) is 14.5. The number of hydrogen-bond donors (Lipinski definition) is 2. The molecule has 0 bridgehead atoms. The molecule has 1 atom stereocenters. The van der Waals surface area contributed by atoms with Crippen LogP contribution in [0.5, 0.6) is 11.5 Å². The number of carbonyl (C=O) groups is 1. The molecule has 1 amide bonds. The molecule has 0 saturated carbocycles. The Morgan fingerprint density at radius 1 is 1.16 bits per heavy atom. The van der Waals surface area contributed by atoms with Crippen LogP contribution < -0.4 is 19.5 Å². The molecule has 1 aliphatic rings. The minimum Gasteiger partial charge on any atom is -0.490 e. The summed E-state index contributed by atoms with van der Waals surface area (Å²) in [6.07, 6.45) is 7.33. The van der Waals surface area contributed by atoms with E-state index in [1.54, 1.807) is 42.5 Å². The van der Waals surface area contributed by atoms with Crippen LogP contribution in [0.3, 0.4) is 0 Å². The van der Waals surface area contributed by atoms with Crippen molar-refractivity contribution in [2.24, 2.45) is 0 Å². The maximum Gasteiger partial charge on any atom is 0.303 e. The van der Waals surface area contributed by atoms with Gasteiger partial charge in [-0.15, -0.1) is 0 Å². The molecule has 1 aromatic rings. The van der Waals surface area contributed by atoms with Crippen molar-refractivity contribution in [1.29, 1.82) is 5.26 Å². The zero-order valence-electron chi connectivity index (χ0n) is 18.6. The largest absolute Gasteiger partial charge is 0.490 e. The van der Waals surface area contributed by atoms with E-state index in [4.69, 9.17) is 14.7 Å². The van der Waals surface area contributed by atoms with Crippen LogP contribution in [0.15, 0.2) is 53.8 Å². The van der Waals surface area contributed by atoms with Crippen molar-refractivity contribution in [2.75, 3.05) is 27.3 Å². The number of nitrogens with zero attached hydrogens (tertiary/aromatic N) is 2. The van der Waals surface area contributed by atoms with Crippen molar-refractivity contribution in [3.8, 4) is 17.6 Å². The van der Waals surface area contributed by atoms with Gasteiger partial charge >= 0.3 is 10.2 Å². The molecule has 0 heterocycles. The summed E-state index contributed by atoms with van der Waals surface area (Å²) in [6, 6.07) is 6.02. The van der Waals surface area contributed by atoms with E-state index < -0.39 is 22.2 Å². The molecule has 172 valence electrons. The standard InChI is InChI=1S/C22H28N4O5S/c1-5-30-19-13-11-17(14-20(19)31-6-2)21(22(27)25-32(28,29)26(3)4)24-18-9-7-8-16(15-23)10-12-18/h8-14,21,24H,5-7H2,1-4H3,(H,25,27). The van der Waals surface area contributed by atoms with Crippen LogP contribution in [-0.4, -0.2) is 45.9 Å². The predicted octanol–water partition coefficient (Wildman–Crippen LogP) is 2.33. The van der Waals surface area contributed by atoms with Gasteiger partial charge in [-0.1, -0.05) is 18.2 Å². The van der Waals surface area contributed by atoms with Crippen LogP contribution in [0.4, 0.5) is 0 Å². The lowest BCUT2D eigenvalue weighted by Gasteiger charge is -2.23. The Bertz CT molecular complexity index is 1070. The molecule has 10 heteroatoms. The van der Waals surface area contributed by atoms with E-state index in [1.807, 2.05) is 13.8 Å². The summed E-state index contributed by atoms with van der Waals surface area (Å²) in [6.45, 7) is 4.51. The monoisotopic (exact) mass is 460 g/mol. The Hall–Kier alpha value is -3.29.